The number of para-hydroxylation sites is 1. The first-order valence-corrected chi connectivity index (χ1v) is 6.16. The largest absolute Gasteiger partial charge is 0.390 e. The van der Waals surface area contributed by atoms with Crippen molar-refractivity contribution in [3.63, 3.8) is 0 Å². The van der Waals surface area contributed by atoms with Gasteiger partial charge in [-0.25, -0.2) is 4.68 Å². The van der Waals surface area contributed by atoms with Gasteiger partial charge >= 0.3 is 0 Å². The van der Waals surface area contributed by atoms with Gasteiger partial charge in [-0.3, -0.25) is 0 Å². The summed E-state index contributed by atoms with van der Waals surface area (Å²) in [5.41, 5.74) is 4.49. The molecule has 0 saturated heterocycles. The topological polar surface area (TPSA) is 38.1 Å². The van der Waals surface area contributed by atoms with Crippen LogP contribution < -0.4 is 0 Å². The second-order valence-electron chi connectivity index (χ2n) is 4.48. The van der Waals surface area contributed by atoms with Gasteiger partial charge in [-0.15, -0.1) is 0 Å². The van der Waals surface area contributed by atoms with E-state index in [0.29, 0.717) is 0 Å². The van der Waals surface area contributed by atoms with Crippen molar-refractivity contribution in [2.24, 2.45) is 0 Å². The summed E-state index contributed by atoms with van der Waals surface area (Å²) < 4.78 is 2.00. The Kier molecular flexibility index (Phi) is 2.69. The summed E-state index contributed by atoms with van der Waals surface area (Å²) in [6.07, 6.45) is 4.55. The van der Waals surface area contributed by atoms with Crippen LogP contribution in [0.5, 0.6) is 0 Å². The Hall–Kier alpha value is -1.61. The molecule has 1 aliphatic rings. The molecule has 1 heterocycles. The molecule has 1 aromatic carbocycles. The number of aromatic nitrogens is 2. The van der Waals surface area contributed by atoms with Gasteiger partial charge < -0.3 is 5.11 Å². The summed E-state index contributed by atoms with van der Waals surface area (Å²) in [5.74, 6) is 0. The fraction of sp³-hybridized carbons (Fsp3) is 0.357. The van der Waals surface area contributed by atoms with E-state index in [1.807, 2.05) is 22.9 Å². The van der Waals surface area contributed by atoms with Crippen molar-refractivity contribution in [1.82, 2.24) is 9.78 Å². The van der Waals surface area contributed by atoms with Crippen LogP contribution in [0.15, 0.2) is 30.3 Å². The van der Waals surface area contributed by atoms with Crippen LogP contribution in [0, 0.1) is 0 Å². The van der Waals surface area contributed by atoms with Gasteiger partial charge in [0.15, 0.2) is 0 Å². The van der Waals surface area contributed by atoms with Crippen molar-refractivity contribution in [1.29, 1.82) is 0 Å². The average Bonchev–Trinajstić information content (AvgIpc) is 2.78. The van der Waals surface area contributed by atoms with Crippen molar-refractivity contribution < 1.29 is 5.11 Å². The fourth-order valence-electron chi connectivity index (χ4n) is 2.59. The standard InChI is InChI=1S/C14H16N2O/c17-10-13-12-8-4-5-9-14(12)16(15-13)11-6-2-1-3-7-11/h1-3,6-7,17H,4-5,8-10H2. The second-order valence-corrected chi connectivity index (χ2v) is 4.48. The van der Waals surface area contributed by atoms with Crippen LogP contribution in [0.2, 0.25) is 0 Å². The molecule has 0 unspecified atom stereocenters. The highest BCUT2D eigenvalue weighted by molar-refractivity contribution is 5.38. The number of benzene rings is 1. The van der Waals surface area contributed by atoms with Crippen LogP contribution in [0.4, 0.5) is 0 Å². The van der Waals surface area contributed by atoms with Crippen LogP contribution >= 0.6 is 0 Å². The molecule has 88 valence electrons. The minimum Gasteiger partial charge on any atom is -0.390 e. The molecule has 3 heteroatoms. The molecule has 0 amide bonds. The molecule has 0 bridgehead atoms. The lowest BCUT2D eigenvalue weighted by molar-refractivity contribution is 0.275. The fourth-order valence-corrected chi connectivity index (χ4v) is 2.59. The van der Waals surface area contributed by atoms with E-state index in [4.69, 9.17) is 0 Å². The monoisotopic (exact) mass is 228 g/mol. The molecular weight excluding hydrogens is 212 g/mol. The van der Waals surface area contributed by atoms with Gasteiger partial charge in [0.05, 0.1) is 18.0 Å². The van der Waals surface area contributed by atoms with Gasteiger partial charge in [0.25, 0.3) is 0 Å². The highest BCUT2D eigenvalue weighted by atomic mass is 16.3. The number of rotatable bonds is 2. The number of hydrogen-bond acceptors (Lipinski definition) is 2. The maximum Gasteiger partial charge on any atom is 0.0918 e. The van der Waals surface area contributed by atoms with Crippen LogP contribution in [-0.4, -0.2) is 14.9 Å². The minimum atomic E-state index is 0.0438. The summed E-state index contributed by atoms with van der Waals surface area (Å²) in [5, 5.41) is 13.9. The van der Waals surface area contributed by atoms with E-state index in [1.165, 1.54) is 24.1 Å². The summed E-state index contributed by atoms with van der Waals surface area (Å²) in [6, 6.07) is 10.2. The molecule has 0 fully saturated rings. The molecular formula is C14H16N2O. The van der Waals surface area contributed by atoms with Crippen molar-refractivity contribution in [3.8, 4) is 5.69 Å². The molecule has 1 N–H and O–H groups in total. The van der Waals surface area contributed by atoms with E-state index in [-0.39, 0.29) is 6.61 Å². The SMILES string of the molecule is OCc1nn(-c2ccccc2)c2c1CCCC2. The predicted molar refractivity (Wildman–Crippen MR) is 66.1 cm³/mol. The normalized spacial score (nSPS) is 14.6. The second kappa shape index (κ2) is 4.34. The molecule has 1 aliphatic carbocycles. The third-order valence-corrected chi connectivity index (χ3v) is 3.41. The van der Waals surface area contributed by atoms with Gasteiger partial charge in [0.2, 0.25) is 0 Å². The van der Waals surface area contributed by atoms with Crippen LogP contribution in [0.3, 0.4) is 0 Å². The third-order valence-electron chi connectivity index (χ3n) is 3.41. The van der Waals surface area contributed by atoms with E-state index < -0.39 is 0 Å². The number of nitrogens with zero attached hydrogens (tertiary/aromatic N) is 2. The average molecular weight is 228 g/mol. The van der Waals surface area contributed by atoms with Gasteiger partial charge in [0.1, 0.15) is 0 Å². The molecule has 1 aromatic heterocycles. The van der Waals surface area contributed by atoms with Gasteiger partial charge in [0, 0.05) is 5.69 Å². The number of aliphatic hydroxyl groups excluding tert-OH is 1. The smallest absolute Gasteiger partial charge is 0.0918 e. The zero-order valence-electron chi connectivity index (χ0n) is 9.76. The maximum atomic E-state index is 9.38. The zero-order valence-corrected chi connectivity index (χ0v) is 9.76. The molecule has 0 atom stereocenters. The number of fused-ring (bicyclic) bond motifs is 1. The van der Waals surface area contributed by atoms with E-state index in [1.54, 1.807) is 0 Å². The van der Waals surface area contributed by atoms with Crippen LogP contribution in [-0.2, 0) is 19.4 Å². The lowest BCUT2D eigenvalue weighted by atomic mass is 9.96. The van der Waals surface area contributed by atoms with E-state index in [2.05, 4.69) is 17.2 Å². The van der Waals surface area contributed by atoms with Crippen molar-refractivity contribution >= 4 is 0 Å². The summed E-state index contributed by atoms with van der Waals surface area (Å²) >= 11 is 0. The Morgan fingerprint density at radius 3 is 2.65 bits per heavy atom. The first-order valence-electron chi connectivity index (χ1n) is 6.16. The van der Waals surface area contributed by atoms with Crippen LogP contribution in [0.25, 0.3) is 5.69 Å². The Labute approximate surface area is 101 Å². The number of hydrogen-bond donors (Lipinski definition) is 1. The predicted octanol–water partition coefficient (Wildman–Crippen LogP) is 2.24. The Morgan fingerprint density at radius 1 is 1.12 bits per heavy atom. The first kappa shape index (κ1) is 10.5. The Balaban J connectivity index is 2.14. The van der Waals surface area contributed by atoms with Gasteiger partial charge in [-0.05, 0) is 43.4 Å². The molecule has 0 radical (unpaired) electrons. The minimum absolute atomic E-state index is 0.0438. The third kappa shape index (κ3) is 1.76. The summed E-state index contributed by atoms with van der Waals surface area (Å²) in [4.78, 5) is 0. The Morgan fingerprint density at radius 2 is 1.88 bits per heavy atom. The molecule has 17 heavy (non-hydrogen) atoms. The lowest BCUT2D eigenvalue weighted by Gasteiger charge is -2.14. The quantitative estimate of drug-likeness (QED) is 0.856. The van der Waals surface area contributed by atoms with Gasteiger partial charge in [-0.1, -0.05) is 18.2 Å². The highest BCUT2D eigenvalue weighted by Crippen LogP contribution is 2.26. The van der Waals surface area contributed by atoms with Crippen LogP contribution in [0.1, 0.15) is 29.8 Å². The molecule has 0 aliphatic heterocycles. The van der Waals surface area contributed by atoms with E-state index >= 15 is 0 Å². The van der Waals surface area contributed by atoms with Crippen molar-refractivity contribution in [2.75, 3.05) is 0 Å². The summed E-state index contributed by atoms with van der Waals surface area (Å²) in [6.45, 7) is 0.0438. The molecule has 2 aromatic rings. The first-order chi connectivity index (χ1) is 8.40. The zero-order chi connectivity index (χ0) is 11.7. The number of aliphatic hydroxyl groups is 1. The molecule has 0 saturated carbocycles. The Bertz CT molecular complexity index is 517. The molecule has 3 nitrogen and oxygen atoms in total. The molecule has 3 rings (SSSR count). The highest BCUT2D eigenvalue weighted by Gasteiger charge is 2.20. The molecule has 0 spiro atoms. The van der Waals surface area contributed by atoms with Crippen molar-refractivity contribution in [3.05, 3.63) is 47.3 Å². The maximum absolute atomic E-state index is 9.38. The van der Waals surface area contributed by atoms with E-state index in [0.717, 1.165) is 24.2 Å². The van der Waals surface area contributed by atoms with E-state index in [9.17, 15) is 5.11 Å². The lowest BCUT2D eigenvalue weighted by Crippen LogP contribution is -2.07. The summed E-state index contributed by atoms with van der Waals surface area (Å²) in [7, 11) is 0. The van der Waals surface area contributed by atoms with Crippen molar-refractivity contribution in [2.45, 2.75) is 32.3 Å². The van der Waals surface area contributed by atoms with Gasteiger partial charge in [-0.2, -0.15) is 5.10 Å².